The molecule has 2 bridgehead atoms. The van der Waals surface area contributed by atoms with Crippen molar-refractivity contribution in [1.29, 1.82) is 0 Å². The molecule has 2 N–H and O–H groups in total. The van der Waals surface area contributed by atoms with E-state index in [1.54, 1.807) is 7.11 Å². The first-order valence-electron chi connectivity index (χ1n) is 9.29. The molecule has 3 rings (SSSR count). The van der Waals surface area contributed by atoms with Crippen LogP contribution >= 0.6 is 0 Å². The second kappa shape index (κ2) is 7.56. The predicted octanol–water partition coefficient (Wildman–Crippen LogP) is 3.20. The second-order valence-corrected chi connectivity index (χ2v) is 7.40. The molecule has 2 fully saturated rings. The maximum Gasteiger partial charge on any atom is 0.225 e. The van der Waals surface area contributed by atoms with E-state index in [2.05, 4.69) is 6.92 Å². The fourth-order valence-electron chi connectivity index (χ4n) is 4.55. The van der Waals surface area contributed by atoms with Gasteiger partial charge in [-0.3, -0.25) is 4.79 Å². The van der Waals surface area contributed by atoms with E-state index in [9.17, 15) is 4.79 Å². The van der Waals surface area contributed by atoms with Gasteiger partial charge in [-0.1, -0.05) is 18.6 Å². The Morgan fingerprint density at radius 2 is 1.83 bits per heavy atom. The Morgan fingerprint density at radius 3 is 2.38 bits per heavy atom. The highest BCUT2D eigenvalue weighted by Gasteiger charge is 2.41. The molecule has 4 nitrogen and oxygen atoms in total. The summed E-state index contributed by atoms with van der Waals surface area (Å²) in [6.45, 7) is 3.50. The van der Waals surface area contributed by atoms with Gasteiger partial charge in [-0.2, -0.15) is 0 Å². The minimum Gasteiger partial charge on any atom is -0.497 e. The van der Waals surface area contributed by atoms with Crippen molar-refractivity contribution in [3.63, 3.8) is 0 Å². The summed E-state index contributed by atoms with van der Waals surface area (Å²) in [5.41, 5.74) is 7.52. The molecule has 2 saturated carbocycles. The van der Waals surface area contributed by atoms with Gasteiger partial charge in [0.1, 0.15) is 5.75 Å². The van der Waals surface area contributed by atoms with Crippen molar-refractivity contribution in [1.82, 2.24) is 4.90 Å². The van der Waals surface area contributed by atoms with E-state index in [1.807, 2.05) is 29.2 Å². The van der Waals surface area contributed by atoms with Crippen molar-refractivity contribution < 1.29 is 9.53 Å². The molecule has 2 atom stereocenters. The first-order valence-corrected chi connectivity index (χ1v) is 9.29. The molecule has 1 aromatic rings. The summed E-state index contributed by atoms with van der Waals surface area (Å²) < 4.78 is 5.20. The van der Waals surface area contributed by atoms with Crippen molar-refractivity contribution >= 4 is 5.91 Å². The number of nitrogens with zero attached hydrogens (tertiary/aromatic N) is 1. The van der Waals surface area contributed by atoms with E-state index >= 15 is 0 Å². The monoisotopic (exact) mass is 330 g/mol. The Balaban J connectivity index is 1.65. The number of rotatable bonds is 5. The summed E-state index contributed by atoms with van der Waals surface area (Å²) in [5, 5.41) is 0. The Kier molecular flexibility index (Phi) is 5.44. The van der Waals surface area contributed by atoms with Crippen LogP contribution in [0.2, 0.25) is 0 Å². The zero-order valence-corrected chi connectivity index (χ0v) is 14.9. The molecule has 132 valence electrons. The number of benzene rings is 1. The maximum absolute atomic E-state index is 13.1. The number of fused-ring (bicyclic) bond motifs is 2. The summed E-state index contributed by atoms with van der Waals surface area (Å²) in [6, 6.07) is 8.31. The highest BCUT2D eigenvalue weighted by Crippen LogP contribution is 2.42. The Hall–Kier alpha value is -1.55. The van der Waals surface area contributed by atoms with Crippen LogP contribution in [0.4, 0.5) is 0 Å². The molecular weight excluding hydrogens is 300 g/mol. The van der Waals surface area contributed by atoms with Crippen LogP contribution in [-0.2, 0) is 11.3 Å². The van der Waals surface area contributed by atoms with E-state index in [0.29, 0.717) is 30.3 Å². The summed E-state index contributed by atoms with van der Waals surface area (Å²) in [6.07, 6.45) is 5.65. The third kappa shape index (κ3) is 3.59. The van der Waals surface area contributed by atoms with Gasteiger partial charge in [-0.25, -0.2) is 0 Å². The van der Waals surface area contributed by atoms with Gasteiger partial charge in [-0.15, -0.1) is 0 Å². The van der Waals surface area contributed by atoms with Crippen molar-refractivity contribution in [2.24, 2.45) is 23.5 Å². The SMILES string of the molecule is CCN(Cc1ccc(OC)cc1)C(=O)C1CC2CCCC(C1)C2N. The Labute approximate surface area is 145 Å². The van der Waals surface area contributed by atoms with Gasteiger partial charge in [0.25, 0.3) is 0 Å². The van der Waals surface area contributed by atoms with Gasteiger partial charge < -0.3 is 15.4 Å². The molecule has 24 heavy (non-hydrogen) atoms. The maximum atomic E-state index is 13.1. The van der Waals surface area contributed by atoms with Crippen LogP contribution in [0.5, 0.6) is 5.75 Å². The molecule has 2 aliphatic rings. The van der Waals surface area contributed by atoms with Gasteiger partial charge in [0.2, 0.25) is 5.91 Å². The summed E-state index contributed by atoms with van der Waals surface area (Å²) in [7, 11) is 1.67. The van der Waals surface area contributed by atoms with Gasteiger partial charge in [-0.05, 0) is 62.1 Å². The molecule has 0 saturated heterocycles. The van der Waals surface area contributed by atoms with E-state index in [-0.39, 0.29) is 5.92 Å². The molecule has 0 spiro atoms. The Morgan fingerprint density at radius 1 is 1.21 bits per heavy atom. The smallest absolute Gasteiger partial charge is 0.225 e. The topological polar surface area (TPSA) is 55.6 Å². The molecule has 2 aliphatic carbocycles. The largest absolute Gasteiger partial charge is 0.497 e. The van der Waals surface area contributed by atoms with Gasteiger partial charge in [0.05, 0.1) is 7.11 Å². The fourth-order valence-corrected chi connectivity index (χ4v) is 4.55. The van der Waals surface area contributed by atoms with Crippen LogP contribution in [0, 0.1) is 17.8 Å². The third-order valence-electron chi connectivity index (χ3n) is 5.99. The van der Waals surface area contributed by atoms with E-state index < -0.39 is 0 Å². The van der Waals surface area contributed by atoms with Crippen molar-refractivity contribution in [2.45, 2.75) is 51.6 Å². The average Bonchev–Trinajstić information content (AvgIpc) is 2.59. The molecule has 1 amide bonds. The first-order chi connectivity index (χ1) is 11.6. The zero-order valence-electron chi connectivity index (χ0n) is 14.9. The van der Waals surface area contributed by atoms with Crippen molar-refractivity contribution in [2.75, 3.05) is 13.7 Å². The minimum atomic E-state index is 0.165. The first kappa shape index (κ1) is 17.3. The number of hydrogen-bond acceptors (Lipinski definition) is 3. The number of amides is 1. The van der Waals surface area contributed by atoms with Crippen LogP contribution in [0.3, 0.4) is 0 Å². The number of ether oxygens (including phenoxy) is 1. The molecule has 0 heterocycles. The predicted molar refractivity (Wildman–Crippen MR) is 95.6 cm³/mol. The van der Waals surface area contributed by atoms with Crippen LogP contribution in [0.15, 0.2) is 24.3 Å². The number of hydrogen-bond donors (Lipinski definition) is 1. The van der Waals surface area contributed by atoms with Crippen LogP contribution in [0.1, 0.15) is 44.6 Å². The van der Waals surface area contributed by atoms with Crippen molar-refractivity contribution in [3.05, 3.63) is 29.8 Å². The van der Waals surface area contributed by atoms with Crippen molar-refractivity contribution in [3.8, 4) is 5.75 Å². The summed E-state index contributed by atoms with van der Waals surface area (Å²) >= 11 is 0. The zero-order chi connectivity index (χ0) is 17.1. The standard InChI is InChI=1S/C20H30N2O2/c1-3-22(13-14-7-9-18(24-2)10-8-14)20(23)17-11-15-5-4-6-16(12-17)19(15)21/h7-10,15-17,19H,3-6,11-13,21H2,1-2H3. The fraction of sp³-hybridized carbons (Fsp3) is 0.650. The molecule has 0 aliphatic heterocycles. The van der Waals surface area contributed by atoms with E-state index in [4.69, 9.17) is 10.5 Å². The third-order valence-corrected chi connectivity index (χ3v) is 5.99. The minimum absolute atomic E-state index is 0.165. The highest BCUT2D eigenvalue weighted by molar-refractivity contribution is 5.79. The highest BCUT2D eigenvalue weighted by atomic mass is 16.5. The van der Waals surface area contributed by atoms with Gasteiger partial charge >= 0.3 is 0 Å². The van der Waals surface area contributed by atoms with E-state index in [0.717, 1.165) is 30.7 Å². The normalized spacial score (nSPS) is 29.1. The molecule has 4 heteroatoms. The number of carbonyl (C=O) groups is 1. The van der Waals surface area contributed by atoms with Gasteiger partial charge in [0.15, 0.2) is 0 Å². The lowest BCUT2D eigenvalue weighted by Crippen LogP contribution is -2.49. The second-order valence-electron chi connectivity index (χ2n) is 7.40. The lowest BCUT2D eigenvalue weighted by atomic mass is 9.65. The molecule has 0 aromatic heterocycles. The lowest BCUT2D eigenvalue weighted by molar-refractivity contribution is -0.139. The molecule has 0 radical (unpaired) electrons. The average molecular weight is 330 g/mol. The molecule has 2 unspecified atom stereocenters. The quantitative estimate of drug-likeness (QED) is 0.902. The Bertz CT molecular complexity index is 543. The van der Waals surface area contributed by atoms with E-state index in [1.165, 1.54) is 19.3 Å². The number of nitrogens with two attached hydrogens (primary N) is 1. The summed E-state index contributed by atoms with van der Waals surface area (Å²) in [4.78, 5) is 15.1. The summed E-state index contributed by atoms with van der Waals surface area (Å²) in [5.74, 6) is 2.43. The molecule has 1 aromatic carbocycles. The number of carbonyl (C=O) groups excluding carboxylic acids is 1. The lowest BCUT2D eigenvalue weighted by Gasteiger charge is -2.44. The van der Waals surface area contributed by atoms with Gasteiger partial charge in [0, 0.05) is 25.0 Å². The van der Waals surface area contributed by atoms with Crippen LogP contribution < -0.4 is 10.5 Å². The van der Waals surface area contributed by atoms with Crippen LogP contribution in [-0.4, -0.2) is 30.5 Å². The van der Waals surface area contributed by atoms with Crippen LogP contribution in [0.25, 0.3) is 0 Å². The molecular formula is C20H30N2O2. The number of methoxy groups -OCH3 is 1.